The van der Waals surface area contributed by atoms with Gasteiger partial charge in [-0.2, -0.15) is 0 Å². The molecule has 0 spiro atoms. The fourth-order valence-electron chi connectivity index (χ4n) is 9.47. The highest BCUT2D eigenvalue weighted by Crippen LogP contribution is 2.40. The maximum Gasteiger partial charge on any atom is 0.345 e. The molecule has 2 saturated heterocycles. The number of alkyl halides is 2. The SMILES string of the molecule is C=CCNC(=O)[C@H]1N(C(=O)[C@@H](O)[C@H](Cc2ccccc2)NC(=O)c2cccc(OC(=O)c3cccnc3)c2C)CSC1(C)C.CCCNC(=O)C1CC(F)(F)CN1C(=O)[C@@H](O)[C@H](Cc1ccccc1)NC(=O)c1cccc(OC(C)=O)c1C. The van der Waals surface area contributed by atoms with Crippen molar-refractivity contribution in [1.82, 2.24) is 36.1 Å². The van der Waals surface area contributed by atoms with Crippen LogP contribution in [0.15, 0.2) is 134 Å². The van der Waals surface area contributed by atoms with E-state index in [9.17, 15) is 57.4 Å². The van der Waals surface area contributed by atoms with Crippen molar-refractivity contribution >= 4 is 59.1 Å². The summed E-state index contributed by atoms with van der Waals surface area (Å²) in [6.07, 6.45) is 0.749. The number of hydrogen-bond acceptors (Lipinski definition) is 14. The maximum absolute atomic E-state index is 14.3. The van der Waals surface area contributed by atoms with Crippen molar-refractivity contribution in [3.05, 3.63) is 173 Å². The smallest absolute Gasteiger partial charge is 0.345 e. The van der Waals surface area contributed by atoms with Crippen molar-refractivity contribution in [2.75, 3.05) is 25.5 Å². The summed E-state index contributed by atoms with van der Waals surface area (Å²) in [4.78, 5) is 110. The van der Waals surface area contributed by atoms with Crippen molar-refractivity contribution in [3.8, 4) is 11.5 Å². The molecular weight excluding hydrogens is 1090 g/mol. The van der Waals surface area contributed by atoms with E-state index in [0.717, 1.165) is 5.56 Å². The van der Waals surface area contributed by atoms with E-state index in [1.165, 1.54) is 48.0 Å². The van der Waals surface area contributed by atoms with Gasteiger partial charge in [-0.3, -0.25) is 38.5 Å². The second-order valence-corrected chi connectivity index (χ2v) is 22.1. The van der Waals surface area contributed by atoms with Crippen LogP contribution in [0.2, 0.25) is 0 Å². The van der Waals surface area contributed by atoms with E-state index >= 15 is 0 Å². The van der Waals surface area contributed by atoms with Gasteiger partial charge < -0.3 is 50.8 Å². The van der Waals surface area contributed by atoms with Gasteiger partial charge in [0.1, 0.15) is 23.6 Å². The summed E-state index contributed by atoms with van der Waals surface area (Å²) in [5.74, 6) is -8.01. The average Bonchev–Trinajstić information content (AvgIpc) is 4.18. The molecule has 2 aliphatic rings. The number of rotatable bonds is 21. The number of pyridine rings is 1. The Morgan fingerprint density at radius 1 is 0.735 bits per heavy atom. The molecule has 0 saturated carbocycles. The second kappa shape index (κ2) is 29.1. The highest BCUT2D eigenvalue weighted by atomic mass is 32.2. The Morgan fingerprint density at radius 3 is 1.76 bits per heavy atom. The minimum absolute atomic E-state index is 0.000891. The van der Waals surface area contributed by atoms with Gasteiger partial charge in [-0.15, -0.1) is 18.3 Å². The molecule has 5 aromatic rings. The summed E-state index contributed by atoms with van der Waals surface area (Å²) >= 11 is 1.43. The van der Waals surface area contributed by atoms with Crippen LogP contribution in [-0.4, -0.2) is 145 Å². The number of aromatic nitrogens is 1. The van der Waals surface area contributed by atoms with E-state index in [2.05, 4.69) is 32.8 Å². The Labute approximate surface area is 484 Å². The molecule has 0 radical (unpaired) electrons. The molecule has 6 atom stereocenters. The lowest BCUT2D eigenvalue weighted by Gasteiger charge is -2.33. The van der Waals surface area contributed by atoms with Crippen LogP contribution in [0, 0.1) is 13.8 Å². The lowest BCUT2D eigenvalue weighted by atomic mass is 9.96. The molecule has 7 rings (SSSR count). The van der Waals surface area contributed by atoms with Crippen molar-refractivity contribution in [1.29, 1.82) is 0 Å². The number of esters is 2. The number of aliphatic hydroxyl groups excluding tert-OH is 2. The van der Waals surface area contributed by atoms with Crippen LogP contribution in [-0.2, 0) is 36.8 Å². The fraction of sp³-hybridized carbons (Fsp3) is 0.361. The number of carbonyl (C=O) groups is 8. The standard InChI is InChI=1S/C33H36N4O6S.C28H33F2N3O6/c1-5-16-35-30(40)28-33(3,4)44-20-37(28)31(41)27(38)25(18-22-11-7-6-8-12-22)36-29(39)24-14-9-15-26(21(24)2)43-32(42)23-13-10-17-34-19-23;1-4-13-31-26(37)22-15-28(29,30)16-33(22)27(38)24(35)21(14-19-9-6-5-7-10-19)32-25(36)20-11-8-12-23(17(20)2)39-18(3)34/h5-15,17,19,25,27-28,38H,1,16,18,20H2,2-4H3,(H,35,40)(H,36,39);5-12,21-22,24,35H,4,13-16H2,1-3H3,(H,31,37)(H,32,36)/t25-,27-,28+;21-,22?,24-/m00/s1. The van der Waals surface area contributed by atoms with E-state index in [0.29, 0.717) is 28.0 Å². The Morgan fingerprint density at radius 2 is 1.27 bits per heavy atom. The Bertz CT molecular complexity index is 3140. The molecule has 1 aromatic heterocycles. The van der Waals surface area contributed by atoms with Crippen LogP contribution in [0.25, 0.3) is 0 Å². The van der Waals surface area contributed by atoms with Gasteiger partial charge in [-0.25, -0.2) is 13.6 Å². The molecular formula is C61H69F2N7O12S. The molecule has 6 amide bonds. The predicted octanol–water partition coefficient (Wildman–Crippen LogP) is 5.68. The summed E-state index contributed by atoms with van der Waals surface area (Å²) in [7, 11) is 0. The molecule has 3 heterocycles. The lowest BCUT2D eigenvalue weighted by Crippen LogP contribution is -2.58. The first kappa shape index (κ1) is 63.8. The third kappa shape index (κ3) is 16.9. The third-order valence-corrected chi connectivity index (χ3v) is 15.2. The van der Waals surface area contributed by atoms with E-state index in [4.69, 9.17) is 9.47 Å². The zero-order chi connectivity index (χ0) is 60.6. The molecule has 0 bridgehead atoms. The normalized spacial score (nSPS) is 17.2. The van der Waals surface area contributed by atoms with Gasteiger partial charge in [0.05, 0.1) is 30.1 Å². The minimum Gasteiger partial charge on any atom is -0.426 e. The van der Waals surface area contributed by atoms with Gasteiger partial charge in [0, 0.05) is 65.8 Å². The molecule has 4 aromatic carbocycles. The van der Waals surface area contributed by atoms with Gasteiger partial charge in [-0.05, 0) is 94.5 Å². The Hall–Kier alpha value is -8.34. The topological polar surface area (TPSA) is 263 Å². The Kier molecular flexibility index (Phi) is 22.4. The molecule has 0 aliphatic carbocycles. The number of ether oxygens (including phenoxy) is 2. The molecule has 22 heteroatoms. The lowest BCUT2D eigenvalue weighted by molar-refractivity contribution is -0.147. The van der Waals surface area contributed by atoms with Crippen LogP contribution in [0.1, 0.15) is 93.9 Å². The van der Waals surface area contributed by atoms with Gasteiger partial charge >= 0.3 is 11.9 Å². The van der Waals surface area contributed by atoms with Crippen molar-refractivity contribution in [2.24, 2.45) is 0 Å². The molecule has 440 valence electrons. The van der Waals surface area contributed by atoms with E-state index in [1.54, 1.807) is 93.7 Å². The van der Waals surface area contributed by atoms with Crippen LogP contribution >= 0.6 is 11.8 Å². The van der Waals surface area contributed by atoms with E-state index in [-0.39, 0.29) is 65.9 Å². The number of nitrogens with zero attached hydrogens (tertiary/aromatic N) is 3. The zero-order valence-corrected chi connectivity index (χ0v) is 47.8. The first-order valence-electron chi connectivity index (χ1n) is 26.8. The van der Waals surface area contributed by atoms with Crippen LogP contribution < -0.4 is 30.7 Å². The minimum atomic E-state index is -3.31. The number of benzene rings is 4. The Balaban J connectivity index is 0.000000269. The largest absolute Gasteiger partial charge is 0.426 e. The number of hydrogen-bond donors (Lipinski definition) is 6. The molecule has 2 aliphatic heterocycles. The number of likely N-dealkylation sites (tertiary alicyclic amines) is 1. The number of carbonyl (C=O) groups excluding carboxylic acids is 8. The van der Waals surface area contributed by atoms with E-state index < -0.39 is 101 Å². The molecule has 1 unspecified atom stereocenters. The van der Waals surface area contributed by atoms with E-state index in [1.807, 2.05) is 44.2 Å². The summed E-state index contributed by atoms with van der Waals surface area (Å²) < 4.78 is 38.8. The zero-order valence-electron chi connectivity index (χ0n) is 46.9. The van der Waals surface area contributed by atoms with Crippen LogP contribution in [0.4, 0.5) is 8.78 Å². The van der Waals surface area contributed by atoms with Crippen molar-refractivity contribution < 1.29 is 66.8 Å². The molecule has 83 heavy (non-hydrogen) atoms. The number of amides is 6. The highest BCUT2D eigenvalue weighted by molar-refractivity contribution is 8.00. The number of nitrogens with one attached hydrogen (secondary N) is 4. The summed E-state index contributed by atoms with van der Waals surface area (Å²) in [5.41, 5.74) is 2.82. The predicted molar refractivity (Wildman–Crippen MR) is 306 cm³/mol. The summed E-state index contributed by atoms with van der Waals surface area (Å²) in [5, 5.41) is 33.4. The number of halogens is 2. The van der Waals surface area contributed by atoms with Crippen LogP contribution in [0.3, 0.4) is 0 Å². The number of aliphatic hydroxyl groups is 2. The van der Waals surface area contributed by atoms with Gasteiger partial charge in [-0.1, -0.05) is 85.8 Å². The quantitative estimate of drug-likeness (QED) is 0.0294. The monoisotopic (exact) mass is 1160 g/mol. The van der Waals surface area contributed by atoms with Crippen molar-refractivity contribution in [2.45, 2.75) is 114 Å². The first-order chi connectivity index (χ1) is 39.5. The summed E-state index contributed by atoms with van der Waals surface area (Å²) in [6, 6.07) is 25.8. The molecule has 19 nitrogen and oxygen atoms in total. The highest BCUT2D eigenvalue weighted by Gasteiger charge is 2.52. The first-order valence-corrected chi connectivity index (χ1v) is 27.8. The third-order valence-electron chi connectivity index (χ3n) is 13.8. The molecule has 2 fully saturated rings. The summed E-state index contributed by atoms with van der Waals surface area (Å²) in [6.45, 7) is 13.1. The maximum atomic E-state index is 14.3. The van der Waals surface area contributed by atoms with Crippen LogP contribution in [0.5, 0.6) is 11.5 Å². The number of thioether (sulfide) groups is 1. The van der Waals surface area contributed by atoms with Gasteiger partial charge in [0.15, 0.2) is 12.2 Å². The van der Waals surface area contributed by atoms with Gasteiger partial charge in [0.25, 0.3) is 29.6 Å². The van der Waals surface area contributed by atoms with Crippen molar-refractivity contribution in [3.63, 3.8) is 0 Å². The molecule has 6 N–H and O–H groups in total. The average molecular weight is 1160 g/mol. The second-order valence-electron chi connectivity index (χ2n) is 20.5. The fourth-order valence-corrected chi connectivity index (χ4v) is 10.6. The van der Waals surface area contributed by atoms with Gasteiger partial charge in [0.2, 0.25) is 11.8 Å².